The van der Waals surface area contributed by atoms with E-state index in [1.54, 1.807) is 31.4 Å². The van der Waals surface area contributed by atoms with Gasteiger partial charge in [0.2, 0.25) is 15.9 Å². The van der Waals surface area contributed by atoms with Gasteiger partial charge in [-0.2, -0.15) is 4.31 Å². The highest BCUT2D eigenvalue weighted by Gasteiger charge is 2.32. The monoisotopic (exact) mass is 406 g/mol. The molecular formula is C20H23FN2O4S. The summed E-state index contributed by atoms with van der Waals surface area (Å²) >= 11 is 0. The lowest BCUT2D eigenvalue weighted by Crippen LogP contribution is -2.41. The molecule has 1 aliphatic rings. The Kier molecular flexibility index (Phi) is 6.43. The standard InChI is InChI=1S/C20H23FN2O4S/c1-27-14-15-2-8-19(9-3-15)28(25,26)23-12-10-16(11-13-23)20(24)22-18-6-4-17(21)5-7-18/h2-9,16H,10-14H2,1H3,(H,22,24). The first-order chi connectivity index (χ1) is 13.4. The van der Waals surface area contributed by atoms with E-state index < -0.39 is 10.0 Å². The summed E-state index contributed by atoms with van der Waals surface area (Å²) in [6, 6.07) is 12.2. The highest BCUT2D eigenvalue weighted by molar-refractivity contribution is 7.89. The first kappa shape index (κ1) is 20.4. The van der Waals surface area contributed by atoms with E-state index in [2.05, 4.69) is 5.32 Å². The van der Waals surface area contributed by atoms with Crippen LogP contribution in [0.25, 0.3) is 0 Å². The molecule has 2 aromatic rings. The van der Waals surface area contributed by atoms with Crippen molar-refractivity contribution < 1.29 is 22.3 Å². The van der Waals surface area contributed by atoms with Gasteiger partial charge in [0.25, 0.3) is 0 Å². The number of carbonyl (C=O) groups is 1. The summed E-state index contributed by atoms with van der Waals surface area (Å²) < 4.78 is 45.0. The number of anilines is 1. The Labute approximate surface area is 164 Å². The first-order valence-electron chi connectivity index (χ1n) is 9.04. The fourth-order valence-electron chi connectivity index (χ4n) is 3.21. The Morgan fingerprint density at radius 1 is 1.11 bits per heavy atom. The van der Waals surface area contributed by atoms with Gasteiger partial charge < -0.3 is 10.1 Å². The molecule has 8 heteroatoms. The van der Waals surface area contributed by atoms with Crippen LogP contribution in [0.3, 0.4) is 0 Å². The van der Waals surface area contributed by atoms with E-state index in [1.807, 2.05) is 0 Å². The van der Waals surface area contributed by atoms with Crippen molar-refractivity contribution in [2.45, 2.75) is 24.3 Å². The number of hydrogen-bond acceptors (Lipinski definition) is 4. The van der Waals surface area contributed by atoms with Crippen LogP contribution in [0.4, 0.5) is 10.1 Å². The third kappa shape index (κ3) is 4.76. The number of amides is 1. The Morgan fingerprint density at radius 2 is 1.71 bits per heavy atom. The van der Waals surface area contributed by atoms with Gasteiger partial charge in [-0.1, -0.05) is 12.1 Å². The van der Waals surface area contributed by atoms with Crippen LogP contribution >= 0.6 is 0 Å². The molecule has 0 saturated carbocycles. The van der Waals surface area contributed by atoms with Gasteiger partial charge in [0.05, 0.1) is 11.5 Å². The molecule has 0 unspecified atom stereocenters. The van der Waals surface area contributed by atoms with Gasteiger partial charge in [-0.15, -0.1) is 0 Å². The third-order valence-electron chi connectivity index (χ3n) is 4.81. The van der Waals surface area contributed by atoms with Crippen molar-refractivity contribution in [2.75, 3.05) is 25.5 Å². The Morgan fingerprint density at radius 3 is 2.29 bits per heavy atom. The minimum atomic E-state index is -3.59. The Hall–Kier alpha value is -2.29. The average molecular weight is 406 g/mol. The van der Waals surface area contributed by atoms with Crippen molar-refractivity contribution in [1.29, 1.82) is 0 Å². The number of ether oxygens (including phenoxy) is 1. The van der Waals surface area contributed by atoms with Crippen LogP contribution in [0.15, 0.2) is 53.4 Å². The Bertz CT molecular complexity index is 906. The maximum Gasteiger partial charge on any atom is 0.243 e. The molecular weight excluding hydrogens is 383 g/mol. The SMILES string of the molecule is COCc1ccc(S(=O)(=O)N2CCC(C(=O)Nc3ccc(F)cc3)CC2)cc1. The van der Waals surface area contributed by atoms with Crippen molar-refractivity contribution in [3.05, 3.63) is 59.9 Å². The van der Waals surface area contributed by atoms with Crippen LogP contribution in [0, 0.1) is 11.7 Å². The second kappa shape index (κ2) is 8.81. The summed E-state index contributed by atoms with van der Waals surface area (Å²) in [5, 5.41) is 2.76. The highest BCUT2D eigenvalue weighted by atomic mass is 32.2. The molecule has 0 atom stereocenters. The number of halogens is 1. The van der Waals surface area contributed by atoms with Crippen molar-refractivity contribution in [3.8, 4) is 0 Å². The van der Waals surface area contributed by atoms with E-state index >= 15 is 0 Å². The van der Waals surface area contributed by atoms with Gasteiger partial charge in [-0.3, -0.25) is 4.79 Å². The summed E-state index contributed by atoms with van der Waals surface area (Å²) in [7, 11) is -2.00. The maximum atomic E-state index is 13.0. The largest absolute Gasteiger partial charge is 0.380 e. The minimum absolute atomic E-state index is 0.174. The fourth-order valence-corrected chi connectivity index (χ4v) is 4.68. The van der Waals surface area contributed by atoms with E-state index in [0.29, 0.717) is 25.1 Å². The summed E-state index contributed by atoms with van der Waals surface area (Å²) in [4.78, 5) is 12.6. The van der Waals surface area contributed by atoms with Gasteiger partial charge in [-0.25, -0.2) is 12.8 Å². The molecule has 1 N–H and O–H groups in total. The lowest BCUT2D eigenvalue weighted by Gasteiger charge is -2.30. The molecule has 0 bridgehead atoms. The quantitative estimate of drug-likeness (QED) is 0.800. The van der Waals surface area contributed by atoms with E-state index in [4.69, 9.17) is 4.74 Å². The minimum Gasteiger partial charge on any atom is -0.380 e. The molecule has 1 fully saturated rings. The molecule has 0 aromatic heterocycles. The predicted octanol–water partition coefficient (Wildman–Crippen LogP) is 3.01. The highest BCUT2D eigenvalue weighted by Crippen LogP contribution is 2.25. The van der Waals surface area contributed by atoms with Crippen LogP contribution in [-0.2, 0) is 26.2 Å². The lowest BCUT2D eigenvalue weighted by molar-refractivity contribution is -0.120. The molecule has 1 saturated heterocycles. The van der Waals surface area contributed by atoms with Gasteiger partial charge in [-0.05, 0) is 54.8 Å². The summed E-state index contributed by atoms with van der Waals surface area (Å²) in [6.45, 7) is 0.988. The van der Waals surface area contributed by atoms with Crippen LogP contribution in [-0.4, -0.2) is 38.8 Å². The maximum absolute atomic E-state index is 13.0. The topological polar surface area (TPSA) is 75.7 Å². The zero-order valence-electron chi connectivity index (χ0n) is 15.6. The molecule has 28 heavy (non-hydrogen) atoms. The van der Waals surface area contributed by atoms with Gasteiger partial charge in [0, 0.05) is 31.8 Å². The molecule has 0 radical (unpaired) electrons. The molecule has 1 heterocycles. The number of sulfonamides is 1. The number of hydrogen-bond donors (Lipinski definition) is 1. The molecule has 150 valence electrons. The fraction of sp³-hybridized carbons (Fsp3) is 0.350. The molecule has 0 spiro atoms. The van der Waals surface area contributed by atoms with Crippen LogP contribution in [0.2, 0.25) is 0 Å². The number of nitrogens with zero attached hydrogens (tertiary/aromatic N) is 1. The van der Waals surface area contributed by atoms with E-state index in [-0.39, 0.29) is 35.6 Å². The smallest absolute Gasteiger partial charge is 0.243 e. The Balaban J connectivity index is 1.59. The number of methoxy groups -OCH3 is 1. The van der Waals surface area contributed by atoms with E-state index in [0.717, 1.165) is 5.56 Å². The summed E-state index contributed by atoms with van der Waals surface area (Å²) in [6.07, 6.45) is 0.877. The number of carbonyl (C=O) groups excluding carboxylic acids is 1. The van der Waals surface area contributed by atoms with Crippen molar-refractivity contribution in [1.82, 2.24) is 4.31 Å². The molecule has 6 nitrogen and oxygen atoms in total. The van der Waals surface area contributed by atoms with Gasteiger partial charge >= 0.3 is 0 Å². The number of nitrogens with one attached hydrogen (secondary N) is 1. The second-order valence-corrected chi connectivity index (χ2v) is 8.69. The van der Waals surface area contributed by atoms with Crippen molar-refractivity contribution in [2.24, 2.45) is 5.92 Å². The molecule has 1 amide bonds. The van der Waals surface area contributed by atoms with E-state index in [9.17, 15) is 17.6 Å². The zero-order valence-corrected chi connectivity index (χ0v) is 16.4. The molecule has 1 aliphatic heterocycles. The van der Waals surface area contributed by atoms with Crippen molar-refractivity contribution >= 4 is 21.6 Å². The van der Waals surface area contributed by atoms with Crippen LogP contribution in [0.1, 0.15) is 18.4 Å². The summed E-state index contributed by atoms with van der Waals surface area (Å²) in [5.41, 5.74) is 1.43. The number of benzene rings is 2. The molecule has 3 rings (SSSR count). The van der Waals surface area contributed by atoms with Crippen LogP contribution < -0.4 is 5.32 Å². The third-order valence-corrected chi connectivity index (χ3v) is 6.72. The predicted molar refractivity (Wildman–Crippen MR) is 104 cm³/mol. The average Bonchev–Trinajstić information content (AvgIpc) is 2.70. The van der Waals surface area contributed by atoms with E-state index in [1.165, 1.54) is 28.6 Å². The van der Waals surface area contributed by atoms with Crippen molar-refractivity contribution in [3.63, 3.8) is 0 Å². The number of piperidine rings is 1. The number of rotatable bonds is 6. The first-order valence-corrected chi connectivity index (χ1v) is 10.5. The zero-order chi connectivity index (χ0) is 20.1. The van der Waals surface area contributed by atoms with Gasteiger partial charge in [0.1, 0.15) is 5.82 Å². The van der Waals surface area contributed by atoms with Crippen LogP contribution in [0.5, 0.6) is 0 Å². The normalized spacial score (nSPS) is 16.1. The molecule has 0 aliphatic carbocycles. The summed E-state index contributed by atoms with van der Waals surface area (Å²) in [5.74, 6) is -0.820. The lowest BCUT2D eigenvalue weighted by atomic mass is 9.97. The molecule has 2 aromatic carbocycles. The van der Waals surface area contributed by atoms with Gasteiger partial charge in [0.15, 0.2) is 0 Å². The second-order valence-electron chi connectivity index (χ2n) is 6.75.